The summed E-state index contributed by atoms with van der Waals surface area (Å²) in [6.45, 7) is 5.31. The lowest BCUT2D eigenvalue weighted by Crippen LogP contribution is -2.63. The maximum atomic E-state index is 12.6. The monoisotopic (exact) mass is 327 g/mol. The van der Waals surface area contributed by atoms with Gasteiger partial charge in [-0.15, -0.1) is 0 Å². The second kappa shape index (κ2) is 6.45. The molecule has 1 N–H and O–H groups in total. The van der Waals surface area contributed by atoms with Gasteiger partial charge >= 0.3 is 6.03 Å². The second-order valence-electron chi connectivity index (χ2n) is 7.44. The molecule has 24 heavy (non-hydrogen) atoms. The van der Waals surface area contributed by atoms with Crippen molar-refractivity contribution >= 4 is 6.03 Å². The molecule has 2 aliphatic rings. The average molecular weight is 327 g/mol. The van der Waals surface area contributed by atoms with Crippen molar-refractivity contribution in [1.82, 2.24) is 10.2 Å². The fourth-order valence-electron chi connectivity index (χ4n) is 3.91. The standard InChI is InChI=1S/C19H25N3O2/c1-19(2)16(9-17(19)24-3)21-18(23)22-11-14(10-20)15(12-22)13-7-5-4-6-8-13/h4-8,14-17H,9,11-12H2,1-3H3,(H,21,23)/t14-,15+,16?,17?/m1/s1. The van der Waals surface area contributed by atoms with Gasteiger partial charge in [0.1, 0.15) is 0 Å². The molecule has 0 aromatic heterocycles. The molecular weight excluding hydrogens is 302 g/mol. The Morgan fingerprint density at radius 2 is 2.04 bits per heavy atom. The number of benzene rings is 1. The molecule has 0 spiro atoms. The van der Waals surface area contributed by atoms with Gasteiger partial charge in [0.15, 0.2) is 0 Å². The van der Waals surface area contributed by atoms with E-state index in [9.17, 15) is 10.1 Å². The van der Waals surface area contributed by atoms with Crippen molar-refractivity contribution in [3.63, 3.8) is 0 Å². The number of hydrogen-bond acceptors (Lipinski definition) is 3. The molecule has 0 radical (unpaired) electrons. The number of carbonyl (C=O) groups excluding carboxylic acids is 1. The number of nitriles is 1. The van der Waals surface area contributed by atoms with Gasteiger partial charge in [0, 0.05) is 37.6 Å². The summed E-state index contributed by atoms with van der Waals surface area (Å²) in [5, 5.41) is 12.6. The van der Waals surface area contributed by atoms with Gasteiger partial charge in [0.2, 0.25) is 0 Å². The molecule has 1 aromatic rings. The zero-order chi connectivity index (χ0) is 17.3. The second-order valence-corrected chi connectivity index (χ2v) is 7.44. The van der Waals surface area contributed by atoms with E-state index in [2.05, 4.69) is 25.2 Å². The summed E-state index contributed by atoms with van der Waals surface area (Å²) in [6.07, 6.45) is 1.03. The van der Waals surface area contributed by atoms with E-state index < -0.39 is 0 Å². The lowest BCUT2D eigenvalue weighted by molar-refractivity contribution is -0.0942. The van der Waals surface area contributed by atoms with E-state index >= 15 is 0 Å². The van der Waals surface area contributed by atoms with Gasteiger partial charge in [-0.05, 0) is 12.0 Å². The van der Waals surface area contributed by atoms with Crippen LogP contribution in [0.2, 0.25) is 0 Å². The number of likely N-dealkylation sites (tertiary alicyclic amines) is 1. The topological polar surface area (TPSA) is 65.4 Å². The van der Waals surface area contributed by atoms with E-state index in [-0.39, 0.29) is 35.4 Å². The van der Waals surface area contributed by atoms with E-state index in [4.69, 9.17) is 4.74 Å². The van der Waals surface area contributed by atoms with Gasteiger partial charge in [-0.2, -0.15) is 5.26 Å². The van der Waals surface area contributed by atoms with Gasteiger partial charge in [0.05, 0.1) is 18.1 Å². The van der Waals surface area contributed by atoms with Crippen molar-refractivity contribution < 1.29 is 9.53 Å². The lowest BCUT2D eigenvalue weighted by atomic mass is 9.64. The van der Waals surface area contributed by atoms with E-state index in [0.717, 1.165) is 12.0 Å². The fourth-order valence-corrected chi connectivity index (χ4v) is 3.91. The van der Waals surface area contributed by atoms with Crippen LogP contribution in [0.5, 0.6) is 0 Å². The third-order valence-corrected chi connectivity index (χ3v) is 5.76. The largest absolute Gasteiger partial charge is 0.381 e. The molecule has 1 aliphatic heterocycles. The highest BCUT2D eigenvalue weighted by atomic mass is 16.5. The van der Waals surface area contributed by atoms with Crippen molar-refractivity contribution in [2.45, 2.75) is 38.3 Å². The summed E-state index contributed by atoms with van der Waals surface area (Å²) < 4.78 is 5.44. The summed E-state index contributed by atoms with van der Waals surface area (Å²) in [5.41, 5.74) is 1.07. The summed E-state index contributed by atoms with van der Waals surface area (Å²) in [7, 11) is 1.72. The normalized spacial score (nSPS) is 31.2. The molecule has 1 saturated heterocycles. The predicted molar refractivity (Wildman–Crippen MR) is 91.4 cm³/mol. The van der Waals surface area contributed by atoms with Crippen molar-refractivity contribution in [3.8, 4) is 6.07 Å². The van der Waals surface area contributed by atoms with Crippen LogP contribution >= 0.6 is 0 Å². The smallest absolute Gasteiger partial charge is 0.317 e. The highest BCUT2D eigenvalue weighted by molar-refractivity contribution is 5.75. The first-order valence-electron chi connectivity index (χ1n) is 8.50. The molecule has 128 valence electrons. The zero-order valence-corrected chi connectivity index (χ0v) is 14.5. The number of hydrogen-bond donors (Lipinski definition) is 1. The number of rotatable bonds is 3. The molecule has 0 bridgehead atoms. The molecule has 2 amide bonds. The molecule has 1 aromatic carbocycles. The first-order chi connectivity index (χ1) is 11.5. The van der Waals surface area contributed by atoms with Crippen LogP contribution in [0.4, 0.5) is 4.79 Å². The number of nitrogens with zero attached hydrogens (tertiary/aromatic N) is 2. The van der Waals surface area contributed by atoms with Gasteiger partial charge in [-0.25, -0.2) is 4.79 Å². The molecule has 5 nitrogen and oxygen atoms in total. The van der Waals surface area contributed by atoms with Crippen LogP contribution in [-0.2, 0) is 4.74 Å². The molecule has 2 fully saturated rings. The molecule has 5 heteroatoms. The first-order valence-corrected chi connectivity index (χ1v) is 8.50. The maximum absolute atomic E-state index is 12.6. The highest BCUT2D eigenvalue weighted by Crippen LogP contribution is 2.42. The number of urea groups is 1. The molecule has 1 aliphatic carbocycles. The Hall–Kier alpha value is -2.06. The Morgan fingerprint density at radius 3 is 2.62 bits per heavy atom. The van der Waals surface area contributed by atoms with E-state index in [1.165, 1.54) is 0 Å². The maximum Gasteiger partial charge on any atom is 0.317 e. The van der Waals surface area contributed by atoms with Gasteiger partial charge in [-0.1, -0.05) is 44.2 Å². The molecule has 1 saturated carbocycles. The summed E-state index contributed by atoms with van der Waals surface area (Å²) in [4.78, 5) is 14.4. The lowest BCUT2D eigenvalue weighted by Gasteiger charge is -2.51. The van der Waals surface area contributed by atoms with Crippen LogP contribution in [0.3, 0.4) is 0 Å². The Balaban J connectivity index is 1.64. The number of carbonyl (C=O) groups is 1. The van der Waals surface area contributed by atoms with E-state index in [1.54, 1.807) is 12.0 Å². The third kappa shape index (κ3) is 2.87. The Labute approximate surface area is 143 Å². The van der Waals surface area contributed by atoms with Crippen LogP contribution in [-0.4, -0.2) is 43.3 Å². The number of amides is 2. The average Bonchev–Trinajstić information content (AvgIpc) is 3.03. The Bertz CT molecular complexity index is 638. The first kappa shape index (κ1) is 16.8. The Kier molecular flexibility index (Phi) is 4.51. The summed E-state index contributed by atoms with van der Waals surface area (Å²) in [6, 6.07) is 12.4. The highest BCUT2D eigenvalue weighted by Gasteiger charge is 2.50. The van der Waals surface area contributed by atoms with Crippen LogP contribution in [0.1, 0.15) is 31.7 Å². The molecule has 2 unspecified atom stereocenters. The quantitative estimate of drug-likeness (QED) is 0.928. The predicted octanol–water partition coefficient (Wildman–Crippen LogP) is 2.75. The van der Waals surface area contributed by atoms with Crippen LogP contribution < -0.4 is 5.32 Å². The summed E-state index contributed by atoms with van der Waals surface area (Å²) >= 11 is 0. The SMILES string of the molecule is COC1CC(NC(=O)N2C[C@@H](C#N)[C@H](c3ccccc3)C2)C1(C)C. The zero-order valence-electron chi connectivity index (χ0n) is 14.5. The number of nitrogens with one attached hydrogen (secondary N) is 1. The molecule has 3 rings (SSSR count). The Morgan fingerprint density at radius 1 is 1.33 bits per heavy atom. The number of methoxy groups -OCH3 is 1. The minimum atomic E-state index is -0.153. The van der Waals surface area contributed by atoms with Crippen LogP contribution in [0.25, 0.3) is 0 Å². The van der Waals surface area contributed by atoms with Gasteiger partial charge < -0.3 is 15.0 Å². The van der Waals surface area contributed by atoms with Crippen LogP contribution in [0.15, 0.2) is 30.3 Å². The van der Waals surface area contributed by atoms with Crippen molar-refractivity contribution in [2.75, 3.05) is 20.2 Å². The number of ether oxygens (including phenoxy) is 1. The van der Waals surface area contributed by atoms with Crippen LogP contribution in [0, 0.1) is 22.7 Å². The molecular formula is C19H25N3O2. The summed E-state index contributed by atoms with van der Waals surface area (Å²) in [5.74, 6) is -0.0673. The van der Waals surface area contributed by atoms with Gasteiger partial charge in [-0.3, -0.25) is 0 Å². The molecule has 1 heterocycles. The fraction of sp³-hybridized carbons (Fsp3) is 0.579. The van der Waals surface area contributed by atoms with Gasteiger partial charge in [0.25, 0.3) is 0 Å². The van der Waals surface area contributed by atoms with Crippen molar-refractivity contribution in [2.24, 2.45) is 11.3 Å². The third-order valence-electron chi connectivity index (χ3n) is 5.76. The van der Waals surface area contributed by atoms with Crippen molar-refractivity contribution in [3.05, 3.63) is 35.9 Å². The molecule has 4 atom stereocenters. The minimum Gasteiger partial charge on any atom is -0.381 e. The minimum absolute atomic E-state index is 0.0579. The van der Waals surface area contributed by atoms with E-state index in [1.807, 2.05) is 30.3 Å². The van der Waals surface area contributed by atoms with Crippen molar-refractivity contribution in [1.29, 1.82) is 5.26 Å². The van der Waals surface area contributed by atoms with E-state index in [0.29, 0.717) is 13.1 Å².